The zero-order chi connectivity index (χ0) is 21.5. The molecule has 3 N–H and O–H groups in total. The van der Waals surface area contributed by atoms with Gasteiger partial charge in [-0.25, -0.2) is 0 Å². The zero-order valence-corrected chi connectivity index (χ0v) is 18.8. The van der Waals surface area contributed by atoms with Crippen LogP contribution in [0.3, 0.4) is 0 Å². The van der Waals surface area contributed by atoms with Gasteiger partial charge in [-0.05, 0) is 49.8 Å². The highest BCUT2D eigenvalue weighted by Gasteiger charge is 2.22. The van der Waals surface area contributed by atoms with Gasteiger partial charge >= 0.3 is 0 Å². The largest absolute Gasteiger partial charge is 0.352 e. The summed E-state index contributed by atoms with van der Waals surface area (Å²) in [5.74, 6) is -0.323. The number of fused-ring (bicyclic) bond motifs is 1. The molecule has 7 heteroatoms. The van der Waals surface area contributed by atoms with E-state index in [0.717, 1.165) is 36.5 Å². The molecule has 2 amide bonds. The van der Waals surface area contributed by atoms with Crippen molar-refractivity contribution in [1.82, 2.24) is 5.32 Å². The number of anilines is 1. The van der Waals surface area contributed by atoms with E-state index in [4.69, 9.17) is 11.6 Å². The summed E-state index contributed by atoms with van der Waals surface area (Å²) in [5, 5.41) is 6.45. The molecule has 0 radical (unpaired) electrons. The summed E-state index contributed by atoms with van der Waals surface area (Å²) in [6.07, 6.45) is 2.72. The van der Waals surface area contributed by atoms with Crippen molar-refractivity contribution in [3.8, 4) is 0 Å². The van der Waals surface area contributed by atoms with Crippen LogP contribution in [0.1, 0.15) is 36.2 Å². The summed E-state index contributed by atoms with van der Waals surface area (Å²) in [7, 11) is 0. The third-order valence-electron chi connectivity index (χ3n) is 5.12. The maximum absolute atomic E-state index is 12.5. The summed E-state index contributed by atoms with van der Waals surface area (Å²) >= 11 is 7.58. The Morgan fingerprint density at radius 2 is 1.97 bits per heavy atom. The number of thioether (sulfide) groups is 1. The van der Waals surface area contributed by atoms with Gasteiger partial charge in [-0.2, -0.15) is 0 Å². The quantitative estimate of drug-likeness (QED) is 0.431. The van der Waals surface area contributed by atoms with Crippen LogP contribution in [-0.2, 0) is 4.79 Å². The van der Waals surface area contributed by atoms with Crippen LogP contribution in [-0.4, -0.2) is 38.0 Å². The van der Waals surface area contributed by atoms with Crippen molar-refractivity contribution in [2.75, 3.05) is 31.5 Å². The molecule has 0 aliphatic carbocycles. The first-order chi connectivity index (χ1) is 14.5. The van der Waals surface area contributed by atoms with E-state index in [-0.39, 0.29) is 11.8 Å². The van der Waals surface area contributed by atoms with Crippen molar-refractivity contribution in [3.63, 3.8) is 0 Å². The highest BCUT2D eigenvalue weighted by atomic mass is 35.5. The van der Waals surface area contributed by atoms with Crippen LogP contribution in [0, 0.1) is 0 Å². The lowest BCUT2D eigenvalue weighted by Crippen LogP contribution is -3.11. The Hall–Kier alpha value is -2.28. The maximum Gasteiger partial charge on any atom is 0.262 e. The number of nitrogens with one attached hydrogen (secondary N) is 3. The fourth-order valence-corrected chi connectivity index (χ4v) is 4.39. The van der Waals surface area contributed by atoms with Crippen LogP contribution in [0.2, 0.25) is 5.02 Å². The molecule has 0 spiro atoms. The van der Waals surface area contributed by atoms with Gasteiger partial charge in [-0.3, -0.25) is 9.59 Å². The molecular formula is C23H27ClN3O2S+. The molecule has 0 aromatic heterocycles. The third kappa shape index (κ3) is 5.65. The Balaban J connectivity index is 1.64. The van der Waals surface area contributed by atoms with E-state index in [9.17, 15) is 9.59 Å². The molecule has 0 atom stereocenters. The number of carbonyl (C=O) groups excluding carboxylic acids is 2. The molecule has 1 aliphatic rings. The number of halogens is 1. The fraction of sp³-hybridized carbons (Fsp3) is 0.304. The van der Waals surface area contributed by atoms with Crippen molar-refractivity contribution in [2.24, 2.45) is 0 Å². The first-order valence-corrected chi connectivity index (χ1v) is 11.4. The van der Waals surface area contributed by atoms with Gasteiger partial charge in [0.25, 0.3) is 11.8 Å². The average Bonchev–Trinajstić information content (AvgIpc) is 2.75. The lowest BCUT2D eigenvalue weighted by atomic mass is 10.1. The molecule has 1 aliphatic heterocycles. The van der Waals surface area contributed by atoms with Crippen molar-refractivity contribution >= 4 is 46.9 Å². The minimum atomic E-state index is -0.202. The van der Waals surface area contributed by atoms with Crippen LogP contribution >= 0.6 is 23.4 Å². The van der Waals surface area contributed by atoms with Crippen molar-refractivity contribution in [3.05, 3.63) is 63.5 Å². The van der Waals surface area contributed by atoms with Gasteiger partial charge in [0.15, 0.2) is 0 Å². The minimum Gasteiger partial charge on any atom is -0.352 e. The van der Waals surface area contributed by atoms with Crippen molar-refractivity contribution in [1.29, 1.82) is 0 Å². The molecule has 158 valence electrons. The van der Waals surface area contributed by atoms with Gasteiger partial charge in [0.05, 0.1) is 30.2 Å². The van der Waals surface area contributed by atoms with Gasteiger partial charge in [0.2, 0.25) is 0 Å². The smallest absolute Gasteiger partial charge is 0.262 e. The van der Waals surface area contributed by atoms with Gasteiger partial charge in [-0.1, -0.05) is 41.6 Å². The second-order valence-electron chi connectivity index (χ2n) is 7.11. The van der Waals surface area contributed by atoms with Crippen LogP contribution in [0.15, 0.2) is 52.3 Å². The minimum absolute atomic E-state index is 0.121. The molecule has 0 unspecified atom stereocenters. The molecule has 0 bridgehead atoms. The van der Waals surface area contributed by atoms with Crippen molar-refractivity contribution in [2.45, 2.75) is 25.2 Å². The molecule has 30 heavy (non-hydrogen) atoms. The van der Waals surface area contributed by atoms with Crippen LogP contribution in [0.4, 0.5) is 5.69 Å². The Kier molecular flexibility index (Phi) is 7.96. The Morgan fingerprint density at radius 1 is 1.20 bits per heavy atom. The van der Waals surface area contributed by atoms with E-state index < -0.39 is 0 Å². The fourth-order valence-electron chi connectivity index (χ4n) is 3.28. The number of hydrogen-bond donors (Lipinski definition) is 3. The Bertz CT molecular complexity index is 957. The van der Waals surface area contributed by atoms with E-state index in [1.54, 1.807) is 24.3 Å². The number of rotatable bonds is 8. The Labute approximate surface area is 186 Å². The second kappa shape index (κ2) is 10.7. The first-order valence-electron chi connectivity index (χ1n) is 10.2. The number of benzene rings is 2. The molecule has 1 heterocycles. The van der Waals surface area contributed by atoms with Crippen LogP contribution in [0.5, 0.6) is 0 Å². The van der Waals surface area contributed by atoms with Crippen LogP contribution in [0.25, 0.3) is 6.08 Å². The summed E-state index contributed by atoms with van der Waals surface area (Å²) in [4.78, 5) is 28.0. The molecular weight excluding hydrogens is 418 g/mol. The average molecular weight is 445 g/mol. The van der Waals surface area contributed by atoms with Gasteiger partial charge in [0, 0.05) is 28.4 Å². The molecule has 0 fully saturated rings. The number of amides is 2. The summed E-state index contributed by atoms with van der Waals surface area (Å²) in [5.41, 5.74) is 1.99. The predicted octanol–water partition coefficient (Wildman–Crippen LogP) is 3.47. The van der Waals surface area contributed by atoms with E-state index in [0.29, 0.717) is 27.7 Å². The highest BCUT2D eigenvalue weighted by Crippen LogP contribution is 2.39. The van der Waals surface area contributed by atoms with Crippen LogP contribution < -0.4 is 15.5 Å². The third-order valence-corrected chi connectivity index (χ3v) is 6.56. The van der Waals surface area contributed by atoms with E-state index in [1.165, 1.54) is 16.7 Å². The molecule has 3 rings (SSSR count). The molecule has 2 aromatic rings. The maximum atomic E-state index is 12.5. The van der Waals surface area contributed by atoms with Gasteiger partial charge < -0.3 is 15.5 Å². The van der Waals surface area contributed by atoms with Gasteiger partial charge in [0.1, 0.15) is 0 Å². The number of hydrogen-bond acceptors (Lipinski definition) is 3. The first kappa shape index (κ1) is 22.4. The number of quaternary nitrogens is 1. The standard InChI is InChI=1S/C23H26ClN3O2S/c1-3-27(4-2)13-7-12-25-22(28)17-10-11-20-19(14-17)26-23(29)21(30-20)15-16-8-5-6-9-18(16)24/h5-6,8-11,14-15H,3-4,7,12-13H2,1-2H3,(H,25,28)(H,26,29)/p+1. The molecule has 2 aromatic carbocycles. The van der Waals surface area contributed by atoms with E-state index in [2.05, 4.69) is 24.5 Å². The summed E-state index contributed by atoms with van der Waals surface area (Å²) < 4.78 is 0. The van der Waals surface area contributed by atoms with E-state index in [1.807, 2.05) is 24.3 Å². The highest BCUT2D eigenvalue weighted by molar-refractivity contribution is 8.04. The summed E-state index contributed by atoms with van der Waals surface area (Å²) in [6, 6.07) is 12.8. The Morgan fingerprint density at radius 3 is 2.70 bits per heavy atom. The zero-order valence-electron chi connectivity index (χ0n) is 17.3. The normalized spacial score (nSPS) is 14.5. The summed E-state index contributed by atoms with van der Waals surface area (Å²) in [6.45, 7) is 8.23. The monoisotopic (exact) mass is 444 g/mol. The predicted molar refractivity (Wildman–Crippen MR) is 124 cm³/mol. The van der Waals surface area contributed by atoms with Crippen molar-refractivity contribution < 1.29 is 14.5 Å². The second-order valence-corrected chi connectivity index (χ2v) is 8.60. The number of carbonyl (C=O) groups is 2. The topological polar surface area (TPSA) is 62.6 Å². The van der Waals surface area contributed by atoms with E-state index >= 15 is 0 Å². The SMILES string of the molecule is CC[NH+](CC)CCCNC(=O)c1ccc2c(c1)NC(=O)C(=Cc1ccccc1Cl)S2. The molecule has 5 nitrogen and oxygen atoms in total. The lowest BCUT2D eigenvalue weighted by molar-refractivity contribution is -0.896. The lowest BCUT2D eigenvalue weighted by Gasteiger charge is -2.19. The molecule has 0 saturated carbocycles. The van der Waals surface area contributed by atoms with Gasteiger partial charge in [-0.15, -0.1) is 0 Å². The molecule has 0 saturated heterocycles.